The van der Waals surface area contributed by atoms with Crippen molar-refractivity contribution in [2.75, 3.05) is 20.2 Å². The number of carbonyl (C=O) groups excluding carboxylic acids is 1. The molecule has 1 atom stereocenters. The van der Waals surface area contributed by atoms with Gasteiger partial charge in [-0.3, -0.25) is 4.79 Å². The quantitative estimate of drug-likeness (QED) is 0.749. The molecule has 0 saturated heterocycles. The number of rotatable bonds is 7. The summed E-state index contributed by atoms with van der Waals surface area (Å²) in [4.78, 5) is 16.1. The van der Waals surface area contributed by atoms with E-state index in [1.165, 1.54) is 0 Å². The molecule has 5 nitrogen and oxygen atoms in total. The second-order valence-corrected chi connectivity index (χ2v) is 4.10. The third-order valence-electron chi connectivity index (χ3n) is 2.65. The fourth-order valence-electron chi connectivity index (χ4n) is 1.61. The molecule has 5 heteroatoms. The predicted octanol–water partition coefficient (Wildman–Crippen LogP) is 0.734. The minimum Gasteiger partial charge on any atom is -0.481 e. The number of nitrogens with two attached hydrogens (primary N) is 1. The van der Waals surface area contributed by atoms with Gasteiger partial charge in [0.05, 0.1) is 13.0 Å². The Labute approximate surface area is 108 Å². The Morgan fingerprint density at radius 2 is 2.33 bits per heavy atom. The van der Waals surface area contributed by atoms with Gasteiger partial charge in [0.1, 0.15) is 0 Å². The van der Waals surface area contributed by atoms with Crippen LogP contribution in [0, 0.1) is 5.92 Å². The van der Waals surface area contributed by atoms with Crippen LogP contribution in [0.25, 0.3) is 0 Å². The standard InChI is InChI=1S/C13H21N3O2/c1-3-7-15-13(17)10(9-14)8-11-5-4-6-12(16-11)18-2/h4-6,10H,3,7-9,14H2,1-2H3,(H,15,17). The molecule has 1 heterocycles. The number of carbonyl (C=O) groups is 1. The fraction of sp³-hybridized carbons (Fsp3) is 0.538. The maximum atomic E-state index is 11.8. The summed E-state index contributed by atoms with van der Waals surface area (Å²) >= 11 is 0. The van der Waals surface area contributed by atoms with E-state index in [1.807, 2.05) is 19.1 Å². The van der Waals surface area contributed by atoms with Crippen LogP contribution in [0.1, 0.15) is 19.0 Å². The number of nitrogens with zero attached hydrogens (tertiary/aromatic N) is 1. The van der Waals surface area contributed by atoms with Gasteiger partial charge in [0.15, 0.2) is 0 Å². The first kappa shape index (κ1) is 14.4. The van der Waals surface area contributed by atoms with Crippen molar-refractivity contribution in [2.45, 2.75) is 19.8 Å². The predicted molar refractivity (Wildman–Crippen MR) is 70.3 cm³/mol. The van der Waals surface area contributed by atoms with Gasteiger partial charge in [-0.2, -0.15) is 0 Å². The maximum absolute atomic E-state index is 11.8. The van der Waals surface area contributed by atoms with Crippen LogP contribution in [0.5, 0.6) is 5.88 Å². The monoisotopic (exact) mass is 251 g/mol. The van der Waals surface area contributed by atoms with Crippen LogP contribution in [-0.2, 0) is 11.2 Å². The van der Waals surface area contributed by atoms with Crippen molar-refractivity contribution in [2.24, 2.45) is 11.7 Å². The highest BCUT2D eigenvalue weighted by atomic mass is 16.5. The normalized spacial score (nSPS) is 11.9. The Hall–Kier alpha value is -1.62. The van der Waals surface area contributed by atoms with E-state index < -0.39 is 0 Å². The van der Waals surface area contributed by atoms with Gasteiger partial charge >= 0.3 is 0 Å². The molecule has 0 spiro atoms. The molecular weight excluding hydrogens is 230 g/mol. The molecule has 1 rings (SSSR count). The van der Waals surface area contributed by atoms with E-state index in [2.05, 4.69) is 10.3 Å². The van der Waals surface area contributed by atoms with Crippen molar-refractivity contribution >= 4 is 5.91 Å². The summed E-state index contributed by atoms with van der Waals surface area (Å²) in [6.07, 6.45) is 1.45. The fourth-order valence-corrected chi connectivity index (χ4v) is 1.61. The minimum absolute atomic E-state index is 0.0102. The molecule has 1 amide bonds. The Bertz CT molecular complexity index is 382. The number of nitrogens with one attached hydrogen (secondary N) is 1. The molecule has 18 heavy (non-hydrogen) atoms. The molecule has 1 aromatic heterocycles. The first-order valence-electron chi connectivity index (χ1n) is 6.19. The molecule has 0 radical (unpaired) electrons. The molecule has 0 aromatic carbocycles. The van der Waals surface area contributed by atoms with Gasteiger partial charge in [-0.25, -0.2) is 4.98 Å². The van der Waals surface area contributed by atoms with Gasteiger partial charge in [-0.15, -0.1) is 0 Å². The summed E-state index contributed by atoms with van der Waals surface area (Å²) in [7, 11) is 1.57. The topological polar surface area (TPSA) is 77.2 Å². The van der Waals surface area contributed by atoms with E-state index in [-0.39, 0.29) is 11.8 Å². The van der Waals surface area contributed by atoms with Gasteiger partial charge < -0.3 is 15.8 Å². The second kappa shape index (κ2) is 7.66. The van der Waals surface area contributed by atoms with Crippen molar-refractivity contribution < 1.29 is 9.53 Å². The van der Waals surface area contributed by atoms with Crippen molar-refractivity contribution in [1.82, 2.24) is 10.3 Å². The van der Waals surface area contributed by atoms with Gasteiger partial charge in [-0.05, 0) is 12.5 Å². The number of pyridine rings is 1. The lowest BCUT2D eigenvalue weighted by Gasteiger charge is -2.14. The van der Waals surface area contributed by atoms with E-state index in [9.17, 15) is 4.79 Å². The average molecular weight is 251 g/mol. The number of ether oxygens (including phenoxy) is 1. The van der Waals surface area contributed by atoms with Crippen molar-refractivity contribution in [1.29, 1.82) is 0 Å². The number of hydrogen-bond acceptors (Lipinski definition) is 4. The van der Waals surface area contributed by atoms with E-state index in [0.717, 1.165) is 12.1 Å². The number of methoxy groups -OCH3 is 1. The summed E-state index contributed by atoms with van der Waals surface area (Å²) in [5, 5.41) is 2.85. The number of hydrogen-bond donors (Lipinski definition) is 2. The van der Waals surface area contributed by atoms with Gasteiger partial charge in [0, 0.05) is 31.3 Å². The third kappa shape index (κ3) is 4.33. The molecule has 1 aromatic rings. The van der Waals surface area contributed by atoms with Crippen LogP contribution in [0.3, 0.4) is 0 Å². The van der Waals surface area contributed by atoms with Gasteiger partial charge in [0.2, 0.25) is 11.8 Å². The maximum Gasteiger partial charge on any atom is 0.224 e. The Morgan fingerprint density at radius 1 is 1.56 bits per heavy atom. The molecule has 0 aliphatic carbocycles. The highest BCUT2D eigenvalue weighted by Gasteiger charge is 2.17. The van der Waals surface area contributed by atoms with Gasteiger partial charge in [-0.1, -0.05) is 13.0 Å². The summed E-state index contributed by atoms with van der Waals surface area (Å²) < 4.78 is 5.05. The highest BCUT2D eigenvalue weighted by Crippen LogP contribution is 2.11. The minimum atomic E-state index is -0.240. The molecule has 0 saturated carbocycles. The van der Waals surface area contributed by atoms with Crippen LogP contribution >= 0.6 is 0 Å². The van der Waals surface area contributed by atoms with Crippen LogP contribution in [-0.4, -0.2) is 31.1 Å². The first-order chi connectivity index (χ1) is 8.71. The van der Waals surface area contributed by atoms with Crippen molar-refractivity contribution in [3.63, 3.8) is 0 Å². The average Bonchev–Trinajstić information content (AvgIpc) is 2.42. The number of aromatic nitrogens is 1. The summed E-state index contributed by atoms with van der Waals surface area (Å²) in [5.41, 5.74) is 6.46. The zero-order valence-corrected chi connectivity index (χ0v) is 11.0. The Morgan fingerprint density at radius 3 is 2.94 bits per heavy atom. The SMILES string of the molecule is CCCNC(=O)C(CN)Cc1cccc(OC)n1. The Balaban J connectivity index is 2.63. The zero-order chi connectivity index (χ0) is 13.4. The highest BCUT2D eigenvalue weighted by molar-refractivity contribution is 5.79. The largest absolute Gasteiger partial charge is 0.481 e. The molecule has 0 aliphatic heterocycles. The van der Waals surface area contributed by atoms with Gasteiger partial charge in [0.25, 0.3) is 0 Å². The lowest BCUT2D eigenvalue weighted by molar-refractivity contribution is -0.124. The van der Waals surface area contributed by atoms with E-state index in [0.29, 0.717) is 25.4 Å². The molecule has 3 N–H and O–H groups in total. The molecule has 0 fully saturated rings. The summed E-state index contributed by atoms with van der Waals surface area (Å²) in [6.45, 7) is 3.01. The molecule has 0 aliphatic rings. The van der Waals surface area contributed by atoms with Crippen molar-refractivity contribution in [3.8, 4) is 5.88 Å². The van der Waals surface area contributed by atoms with Crippen LogP contribution in [0.15, 0.2) is 18.2 Å². The second-order valence-electron chi connectivity index (χ2n) is 4.10. The van der Waals surface area contributed by atoms with E-state index in [1.54, 1.807) is 13.2 Å². The smallest absolute Gasteiger partial charge is 0.224 e. The number of amides is 1. The third-order valence-corrected chi connectivity index (χ3v) is 2.65. The Kier molecular flexibility index (Phi) is 6.14. The van der Waals surface area contributed by atoms with Crippen LogP contribution in [0.2, 0.25) is 0 Å². The summed E-state index contributed by atoms with van der Waals surface area (Å²) in [6, 6.07) is 5.51. The van der Waals surface area contributed by atoms with Crippen LogP contribution in [0.4, 0.5) is 0 Å². The molecular formula is C13H21N3O2. The van der Waals surface area contributed by atoms with E-state index in [4.69, 9.17) is 10.5 Å². The zero-order valence-electron chi connectivity index (χ0n) is 11.0. The van der Waals surface area contributed by atoms with Crippen molar-refractivity contribution in [3.05, 3.63) is 23.9 Å². The van der Waals surface area contributed by atoms with E-state index >= 15 is 0 Å². The van der Waals surface area contributed by atoms with Crippen LogP contribution < -0.4 is 15.8 Å². The molecule has 1 unspecified atom stereocenters. The molecule has 0 bridgehead atoms. The lowest BCUT2D eigenvalue weighted by atomic mass is 10.0. The summed E-state index contributed by atoms with van der Waals surface area (Å²) in [5.74, 6) is 0.303. The molecule has 100 valence electrons. The lowest BCUT2D eigenvalue weighted by Crippen LogP contribution is -2.36. The first-order valence-corrected chi connectivity index (χ1v) is 6.19.